The molecule has 0 bridgehead atoms. The summed E-state index contributed by atoms with van der Waals surface area (Å²) in [6.07, 6.45) is -0.0688. The highest BCUT2D eigenvalue weighted by Crippen LogP contribution is 2.16. The fraction of sp³-hybridized carbons (Fsp3) is 0.846. The van der Waals surface area contributed by atoms with Gasteiger partial charge < -0.3 is 20.3 Å². The fourth-order valence-corrected chi connectivity index (χ4v) is 1.29. The van der Waals surface area contributed by atoms with Crippen LogP contribution in [0.1, 0.15) is 47.0 Å². The second-order valence-corrected chi connectivity index (χ2v) is 5.41. The van der Waals surface area contributed by atoms with E-state index in [-0.39, 0.29) is 6.42 Å². The summed E-state index contributed by atoms with van der Waals surface area (Å²) in [6, 6.07) is 0. The molecular formula is C13H25NO5. The molecular weight excluding hydrogens is 250 g/mol. The van der Waals surface area contributed by atoms with Gasteiger partial charge in [0.05, 0.1) is 13.0 Å². The highest BCUT2D eigenvalue weighted by atomic mass is 16.6. The van der Waals surface area contributed by atoms with Gasteiger partial charge in [0, 0.05) is 0 Å². The molecule has 0 aromatic heterocycles. The third kappa shape index (κ3) is 8.56. The highest BCUT2D eigenvalue weighted by Gasteiger charge is 2.31. The van der Waals surface area contributed by atoms with E-state index in [0.717, 1.165) is 12.8 Å². The monoisotopic (exact) mass is 275 g/mol. The Bertz CT molecular complexity index is 296. The summed E-state index contributed by atoms with van der Waals surface area (Å²) in [7, 11) is 0. The van der Waals surface area contributed by atoms with Crippen molar-refractivity contribution in [1.82, 2.24) is 0 Å². The van der Waals surface area contributed by atoms with Gasteiger partial charge in [0.25, 0.3) is 0 Å². The van der Waals surface area contributed by atoms with E-state index < -0.39 is 29.7 Å². The molecule has 0 aromatic rings. The van der Waals surface area contributed by atoms with Gasteiger partial charge in [-0.2, -0.15) is 0 Å². The predicted molar refractivity (Wildman–Crippen MR) is 70.0 cm³/mol. The van der Waals surface area contributed by atoms with Crippen LogP contribution < -0.4 is 5.73 Å². The zero-order valence-corrected chi connectivity index (χ0v) is 12.1. The first-order chi connectivity index (χ1) is 8.67. The lowest BCUT2D eigenvalue weighted by molar-refractivity contribution is -0.168. The summed E-state index contributed by atoms with van der Waals surface area (Å²) in [5.41, 5.74) is 4.61. The molecule has 0 aliphatic carbocycles. The first-order valence-electron chi connectivity index (χ1n) is 6.49. The average Bonchev–Trinajstić information content (AvgIpc) is 2.23. The standard InChI is InChI=1S/C13H25NO5/c1-5-6-7-18-10(15)8-9(11(14)16)12(17)19-13(2,3)4/h9,11,16H,5-8,14H2,1-4H3. The van der Waals surface area contributed by atoms with E-state index in [1.165, 1.54) is 0 Å². The number of carbonyl (C=O) groups is 2. The van der Waals surface area contributed by atoms with Crippen LogP contribution in [0.4, 0.5) is 0 Å². The van der Waals surface area contributed by atoms with E-state index in [2.05, 4.69) is 0 Å². The highest BCUT2D eigenvalue weighted by molar-refractivity contribution is 5.80. The zero-order chi connectivity index (χ0) is 15.1. The molecule has 0 saturated carbocycles. The number of aliphatic hydroxyl groups is 1. The molecule has 2 atom stereocenters. The average molecular weight is 275 g/mol. The van der Waals surface area contributed by atoms with Gasteiger partial charge in [0.2, 0.25) is 0 Å². The number of unbranched alkanes of at least 4 members (excludes halogenated alkanes) is 1. The van der Waals surface area contributed by atoms with Crippen LogP contribution in [0, 0.1) is 5.92 Å². The summed E-state index contributed by atoms with van der Waals surface area (Å²) in [4.78, 5) is 23.3. The number of ether oxygens (including phenoxy) is 2. The van der Waals surface area contributed by atoms with Crippen molar-refractivity contribution in [1.29, 1.82) is 0 Å². The Labute approximate surface area is 114 Å². The molecule has 0 spiro atoms. The van der Waals surface area contributed by atoms with E-state index >= 15 is 0 Å². The van der Waals surface area contributed by atoms with Crippen LogP contribution in [0.3, 0.4) is 0 Å². The lowest BCUT2D eigenvalue weighted by Gasteiger charge is -2.24. The number of aliphatic hydroxyl groups excluding tert-OH is 1. The minimum atomic E-state index is -1.45. The molecule has 0 rings (SSSR count). The second-order valence-electron chi connectivity index (χ2n) is 5.41. The van der Waals surface area contributed by atoms with Crippen LogP contribution in [0.2, 0.25) is 0 Å². The van der Waals surface area contributed by atoms with Gasteiger partial charge in [-0.15, -0.1) is 0 Å². The van der Waals surface area contributed by atoms with Crippen LogP contribution >= 0.6 is 0 Å². The largest absolute Gasteiger partial charge is 0.466 e. The van der Waals surface area contributed by atoms with Gasteiger partial charge in [0.1, 0.15) is 17.7 Å². The third-order valence-electron chi connectivity index (χ3n) is 2.27. The first kappa shape index (κ1) is 17.9. The minimum absolute atomic E-state index is 0.281. The van der Waals surface area contributed by atoms with Crippen LogP contribution in [-0.4, -0.2) is 35.5 Å². The zero-order valence-electron chi connectivity index (χ0n) is 12.1. The van der Waals surface area contributed by atoms with Gasteiger partial charge in [-0.1, -0.05) is 13.3 Å². The summed E-state index contributed by atoms with van der Waals surface area (Å²) in [5, 5.41) is 9.37. The normalized spacial score (nSPS) is 14.6. The fourth-order valence-electron chi connectivity index (χ4n) is 1.29. The van der Waals surface area contributed by atoms with Crippen molar-refractivity contribution in [2.75, 3.05) is 6.61 Å². The van der Waals surface area contributed by atoms with Crippen LogP contribution in [0.5, 0.6) is 0 Å². The van der Waals surface area contributed by atoms with Crippen molar-refractivity contribution in [3.8, 4) is 0 Å². The maximum absolute atomic E-state index is 11.8. The van der Waals surface area contributed by atoms with E-state index in [9.17, 15) is 14.7 Å². The van der Waals surface area contributed by atoms with E-state index in [1.54, 1.807) is 20.8 Å². The Morgan fingerprint density at radius 3 is 2.32 bits per heavy atom. The molecule has 6 heteroatoms. The Kier molecular flexibility index (Phi) is 7.63. The molecule has 0 saturated heterocycles. The van der Waals surface area contributed by atoms with Crippen molar-refractivity contribution in [3.63, 3.8) is 0 Å². The molecule has 0 radical (unpaired) electrons. The van der Waals surface area contributed by atoms with Gasteiger partial charge in [-0.05, 0) is 27.2 Å². The van der Waals surface area contributed by atoms with Crippen LogP contribution in [0.25, 0.3) is 0 Å². The second kappa shape index (κ2) is 8.12. The number of hydrogen-bond acceptors (Lipinski definition) is 6. The molecule has 0 aromatic carbocycles. The van der Waals surface area contributed by atoms with Crippen molar-refractivity contribution in [3.05, 3.63) is 0 Å². The van der Waals surface area contributed by atoms with Crippen molar-refractivity contribution in [2.45, 2.75) is 58.8 Å². The Hall–Kier alpha value is -1.14. The predicted octanol–water partition coefficient (Wildman–Crippen LogP) is 0.955. The third-order valence-corrected chi connectivity index (χ3v) is 2.27. The maximum Gasteiger partial charge on any atom is 0.314 e. The van der Waals surface area contributed by atoms with Crippen LogP contribution in [0.15, 0.2) is 0 Å². The molecule has 0 fully saturated rings. The van der Waals surface area contributed by atoms with Gasteiger partial charge >= 0.3 is 11.9 Å². The summed E-state index contributed by atoms with van der Waals surface area (Å²) in [6.45, 7) is 7.37. The number of esters is 2. The number of rotatable bonds is 7. The van der Waals surface area contributed by atoms with Gasteiger partial charge in [-0.3, -0.25) is 9.59 Å². The Morgan fingerprint density at radius 1 is 1.32 bits per heavy atom. The molecule has 0 aliphatic heterocycles. The summed E-state index contributed by atoms with van der Waals surface area (Å²) < 4.78 is 10.0. The van der Waals surface area contributed by atoms with E-state index in [0.29, 0.717) is 6.61 Å². The summed E-state index contributed by atoms with van der Waals surface area (Å²) >= 11 is 0. The quantitative estimate of drug-likeness (QED) is 0.408. The molecule has 0 amide bonds. The molecule has 19 heavy (non-hydrogen) atoms. The van der Waals surface area contributed by atoms with Crippen molar-refractivity contribution >= 4 is 11.9 Å². The smallest absolute Gasteiger partial charge is 0.314 e. The maximum atomic E-state index is 11.8. The number of nitrogens with two attached hydrogens (primary N) is 1. The molecule has 0 heterocycles. The topological polar surface area (TPSA) is 98.9 Å². The minimum Gasteiger partial charge on any atom is -0.466 e. The van der Waals surface area contributed by atoms with E-state index in [1.807, 2.05) is 6.92 Å². The molecule has 0 aliphatic rings. The molecule has 112 valence electrons. The first-order valence-corrected chi connectivity index (χ1v) is 6.49. The van der Waals surface area contributed by atoms with Crippen molar-refractivity contribution < 1.29 is 24.2 Å². The SMILES string of the molecule is CCCCOC(=O)CC(C(=O)OC(C)(C)C)C(N)O. The Balaban J connectivity index is 4.41. The molecule has 2 unspecified atom stereocenters. The lowest BCUT2D eigenvalue weighted by Crippen LogP contribution is -2.40. The van der Waals surface area contributed by atoms with Gasteiger partial charge in [0.15, 0.2) is 0 Å². The van der Waals surface area contributed by atoms with Crippen molar-refractivity contribution in [2.24, 2.45) is 11.7 Å². The van der Waals surface area contributed by atoms with E-state index in [4.69, 9.17) is 15.2 Å². The lowest BCUT2D eigenvalue weighted by atomic mass is 10.0. The van der Waals surface area contributed by atoms with Crippen LogP contribution in [-0.2, 0) is 19.1 Å². The summed E-state index contributed by atoms with van der Waals surface area (Å²) in [5.74, 6) is -2.36. The molecule has 6 nitrogen and oxygen atoms in total. The number of carbonyl (C=O) groups excluding carboxylic acids is 2. The van der Waals surface area contributed by atoms with Gasteiger partial charge in [-0.25, -0.2) is 0 Å². The Morgan fingerprint density at radius 2 is 1.89 bits per heavy atom. The molecule has 3 N–H and O–H groups in total. The number of hydrogen-bond donors (Lipinski definition) is 2.